The second-order valence-electron chi connectivity index (χ2n) is 5.36. The minimum Gasteiger partial charge on any atom is -0.496 e. The second-order valence-corrected chi connectivity index (χ2v) is 5.36. The summed E-state index contributed by atoms with van der Waals surface area (Å²) in [7, 11) is 3.40. The van der Waals surface area contributed by atoms with E-state index >= 15 is 0 Å². The van der Waals surface area contributed by atoms with Crippen molar-refractivity contribution in [3.8, 4) is 11.5 Å². The van der Waals surface area contributed by atoms with Crippen LogP contribution in [0.5, 0.6) is 11.5 Å². The Morgan fingerprint density at radius 1 is 1.17 bits per heavy atom. The molecule has 0 aromatic heterocycles. The molecule has 2 rings (SSSR count). The maximum atomic E-state index is 9.46. The Morgan fingerprint density at radius 3 is 2.28 bits per heavy atom. The predicted molar refractivity (Wildman–Crippen MR) is 71.5 cm³/mol. The van der Waals surface area contributed by atoms with Crippen LogP contribution in [-0.2, 0) is 6.42 Å². The lowest BCUT2D eigenvalue weighted by Gasteiger charge is -2.19. The summed E-state index contributed by atoms with van der Waals surface area (Å²) >= 11 is 0. The molecule has 1 N–H and O–H groups in total. The van der Waals surface area contributed by atoms with Crippen LogP contribution in [-0.4, -0.2) is 25.9 Å². The highest BCUT2D eigenvalue weighted by atomic mass is 16.5. The van der Waals surface area contributed by atoms with Gasteiger partial charge in [0, 0.05) is 6.61 Å². The molecule has 1 fully saturated rings. The number of benzene rings is 1. The first-order valence-electron chi connectivity index (χ1n) is 6.39. The Bertz CT molecular complexity index is 448. The number of ether oxygens (including phenoxy) is 2. The minimum atomic E-state index is 0.0833. The third-order valence-electron chi connectivity index (χ3n) is 4.15. The number of aliphatic hydroxyl groups is 1. The molecule has 0 unspecified atom stereocenters. The molecule has 0 saturated heterocycles. The second kappa shape index (κ2) is 4.81. The van der Waals surface area contributed by atoms with Crippen molar-refractivity contribution >= 4 is 0 Å². The topological polar surface area (TPSA) is 38.7 Å². The zero-order chi connectivity index (χ0) is 13.3. The van der Waals surface area contributed by atoms with Crippen LogP contribution in [0.4, 0.5) is 0 Å². The standard InChI is InChI=1S/C15H22O3/c1-10-11(2)14(18-4)12(7-13(10)17-3)8-15(9-16)5-6-15/h7,16H,5-6,8-9H2,1-4H3. The molecule has 1 aliphatic carbocycles. The van der Waals surface area contributed by atoms with E-state index in [9.17, 15) is 5.11 Å². The van der Waals surface area contributed by atoms with Crippen LogP contribution in [0.15, 0.2) is 6.07 Å². The van der Waals surface area contributed by atoms with Gasteiger partial charge in [0.1, 0.15) is 11.5 Å². The normalized spacial score (nSPS) is 16.5. The average Bonchev–Trinajstić information content (AvgIpc) is 3.14. The summed E-state index contributed by atoms with van der Waals surface area (Å²) in [6.45, 7) is 4.35. The highest BCUT2D eigenvalue weighted by Gasteiger charge is 2.42. The zero-order valence-electron chi connectivity index (χ0n) is 11.7. The van der Waals surface area contributed by atoms with Crippen molar-refractivity contribution < 1.29 is 14.6 Å². The molecule has 1 aromatic carbocycles. The summed E-state index contributed by atoms with van der Waals surface area (Å²) in [6, 6.07) is 2.05. The molecule has 1 aliphatic rings. The highest BCUT2D eigenvalue weighted by molar-refractivity contribution is 5.53. The van der Waals surface area contributed by atoms with Crippen LogP contribution in [0.25, 0.3) is 0 Å². The third-order valence-corrected chi connectivity index (χ3v) is 4.15. The maximum absolute atomic E-state index is 9.46. The molecular weight excluding hydrogens is 228 g/mol. The summed E-state index contributed by atoms with van der Waals surface area (Å²) in [5, 5.41) is 9.46. The van der Waals surface area contributed by atoms with E-state index < -0.39 is 0 Å². The largest absolute Gasteiger partial charge is 0.496 e. The lowest BCUT2D eigenvalue weighted by molar-refractivity contribution is 0.210. The number of rotatable bonds is 5. The molecule has 0 bridgehead atoms. The van der Waals surface area contributed by atoms with Crippen molar-refractivity contribution in [1.29, 1.82) is 0 Å². The van der Waals surface area contributed by atoms with Crippen molar-refractivity contribution in [3.63, 3.8) is 0 Å². The van der Waals surface area contributed by atoms with Crippen LogP contribution in [0.1, 0.15) is 29.5 Å². The fourth-order valence-electron chi connectivity index (χ4n) is 2.53. The quantitative estimate of drug-likeness (QED) is 0.873. The molecule has 3 nitrogen and oxygen atoms in total. The van der Waals surface area contributed by atoms with E-state index in [1.165, 1.54) is 0 Å². The van der Waals surface area contributed by atoms with Crippen molar-refractivity contribution in [2.45, 2.75) is 33.1 Å². The van der Waals surface area contributed by atoms with E-state index in [1.807, 2.05) is 6.92 Å². The Morgan fingerprint density at radius 2 is 1.83 bits per heavy atom. The van der Waals surface area contributed by atoms with E-state index in [0.29, 0.717) is 0 Å². The van der Waals surface area contributed by atoms with Crippen molar-refractivity contribution in [3.05, 3.63) is 22.8 Å². The van der Waals surface area contributed by atoms with Gasteiger partial charge in [-0.3, -0.25) is 0 Å². The van der Waals surface area contributed by atoms with Crippen molar-refractivity contribution in [1.82, 2.24) is 0 Å². The van der Waals surface area contributed by atoms with Crippen LogP contribution in [0, 0.1) is 19.3 Å². The molecule has 0 radical (unpaired) electrons. The summed E-state index contributed by atoms with van der Waals surface area (Å²) < 4.78 is 11.0. The molecule has 1 aromatic rings. The Hall–Kier alpha value is -1.22. The number of aliphatic hydroxyl groups excluding tert-OH is 1. The van der Waals surface area contributed by atoms with Crippen LogP contribution >= 0.6 is 0 Å². The van der Waals surface area contributed by atoms with Gasteiger partial charge in [0.15, 0.2) is 0 Å². The maximum Gasteiger partial charge on any atom is 0.125 e. The summed E-state index contributed by atoms with van der Waals surface area (Å²) in [5.41, 5.74) is 3.47. The molecule has 18 heavy (non-hydrogen) atoms. The fraction of sp³-hybridized carbons (Fsp3) is 0.600. The molecule has 0 amide bonds. The Kier molecular flexibility index (Phi) is 3.53. The SMILES string of the molecule is COc1cc(CC2(CO)CC2)c(OC)c(C)c1C. The van der Waals surface area contributed by atoms with Crippen LogP contribution in [0.3, 0.4) is 0 Å². The van der Waals surface area contributed by atoms with E-state index in [0.717, 1.165) is 47.5 Å². The number of methoxy groups -OCH3 is 2. The lowest BCUT2D eigenvalue weighted by Crippen LogP contribution is -2.12. The smallest absolute Gasteiger partial charge is 0.125 e. The summed E-state index contributed by atoms with van der Waals surface area (Å²) in [5.74, 6) is 1.84. The first kappa shape index (κ1) is 13.2. The van der Waals surface area contributed by atoms with E-state index in [4.69, 9.17) is 9.47 Å². The Balaban J connectivity index is 2.41. The minimum absolute atomic E-state index is 0.0833. The average molecular weight is 250 g/mol. The van der Waals surface area contributed by atoms with Gasteiger partial charge in [-0.1, -0.05) is 0 Å². The number of hydrogen-bond acceptors (Lipinski definition) is 3. The lowest BCUT2D eigenvalue weighted by atomic mass is 9.93. The molecule has 0 atom stereocenters. The van der Waals surface area contributed by atoms with Gasteiger partial charge >= 0.3 is 0 Å². The van der Waals surface area contributed by atoms with Gasteiger partial charge in [-0.05, 0) is 61.3 Å². The third kappa shape index (κ3) is 2.19. The van der Waals surface area contributed by atoms with Gasteiger partial charge in [0.2, 0.25) is 0 Å². The van der Waals surface area contributed by atoms with Crippen molar-refractivity contribution in [2.24, 2.45) is 5.41 Å². The van der Waals surface area contributed by atoms with Crippen LogP contribution < -0.4 is 9.47 Å². The summed E-state index contributed by atoms with van der Waals surface area (Å²) in [6.07, 6.45) is 3.06. The van der Waals surface area contributed by atoms with Gasteiger partial charge in [0.05, 0.1) is 14.2 Å². The van der Waals surface area contributed by atoms with Gasteiger partial charge in [-0.25, -0.2) is 0 Å². The fourth-order valence-corrected chi connectivity index (χ4v) is 2.53. The molecular formula is C15H22O3. The predicted octanol–water partition coefficient (Wildman–Crippen LogP) is 2.64. The monoisotopic (exact) mass is 250 g/mol. The van der Waals surface area contributed by atoms with E-state index in [2.05, 4.69) is 13.0 Å². The molecule has 100 valence electrons. The Labute approximate surface area is 109 Å². The van der Waals surface area contributed by atoms with Gasteiger partial charge < -0.3 is 14.6 Å². The van der Waals surface area contributed by atoms with Gasteiger partial charge in [-0.2, -0.15) is 0 Å². The van der Waals surface area contributed by atoms with Crippen molar-refractivity contribution in [2.75, 3.05) is 20.8 Å². The first-order chi connectivity index (χ1) is 8.56. The summed E-state index contributed by atoms with van der Waals surface area (Å²) in [4.78, 5) is 0. The molecule has 0 aliphatic heterocycles. The highest BCUT2D eigenvalue weighted by Crippen LogP contribution is 2.50. The molecule has 1 saturated carbocycles. The molecule has 0 heterocycles. The van der Waals surface area contributed by atoms with Gasteiger partial charge in [0.25, 0.3) is 0 Å². The van der Waals surface area contributed by atoms with E-state index in [-0.39, 0.29) is 12.0 Å². The first-order valence-corrected chi connectivity index (χ1v) is 6.39. The van der Waals surface area contributed by atoms with E-state index in [1.54, 1.807) is 14.2 Å². The molecule has 3 heteroatoms. The van der Waals surface area contributed by atoms with Crippen LogP contribution in [0.2, 0.25) is 0 Å². The zero-order valence-corrected chi connectivity index (χ0v) is 11.7. The molecule has 0 spiro atoms. The van der Waals surface area contributed by atoms with Gasteiger partial charge in [-0.15, -0.1) is 0 Å². The number of hydrogen-bond donors (Lipinski definition) is 1.